The molecule has 2 aliphatic rings. The van der Waals surface area contributed by atoms with Crippen molar-refractivity contribution in [2.45, 2.75) is 90.9 Å². The summed E-state index contributed by atoms with van der Waals surface area (Å²) in [6, 6.07) is 0. The molecule has 2 fully saturated rings. The standard InChI is InChI=1S/2C10H18O2.Zn/c2*1-2-8-3-4-9(7-8)5-6-10(11)12;/h2*8-9H,2-7H2,1H3,(H,11,12);/q;;+2/p-2. The second kappa shape index (κ2) is 13.7. The van der Waals surface area contributed by atoms with Crippen LogP contribution in [0.15, 0.2) is 0 Å². The Bertz CT molecular complexity index is 350. The Morgan fingerprint density at radius 3 is 1.28 bits per heavy atom. The van der Waals surface area contributed by atoms with Crippen LogP contribution >= 0.6 is 0 Å². The van der Waals surface area contributed by atoms with Gasteiger partial charge in [-0.05, 0) is 62.2 Å². The minimum Gasteiger partial charge on any atom is -0.550 e. The molecule has 0 aromatic rings. The minimum atomic E-state index is -0.894. The van der Waals surface area contributed by atoms with Crippen molar-refractivity contribution < 1.29 is 39.3 Å². The van der Waals surface area contributed by atoms with Gasteiger partial charge in [0, 0.05) is 11.9 Å². The molecule has 4 unspecified atom stereocenters. The van der Waals surface area contributed by atoms with Crippen LogP contribution in [0.25, 0.3) is 0 Å². The van der Waals surface area contributed by atoms with E-state index >= 15 is 0 Å². The second-order valence-corrected chi connectivity index (χ2v) is 7.73. The van der Waals surface area contributed by atoms with Crippen LogP contribution in [0.3, 0.4) is 0 Å². The van der Waals surface area contributed by atoms with Gasteiger partial charge in [0.2, 0.25) is 0 Å². The molecule has 0 N–H and O–H groups in total. The van der Waals surface area contributed by atoms with Gasteiger partial charge in [-0.1, -0.05) is 52.4 Å². The number of carbonyl (C=O) groups is 2. The van der Waals surface area contributed by atoms with Gasteiger partial charge in [0.05, 0.1) is 0 Å². The maximum atomic E-state index is 10.2. The molecule has 4 nitrogen and oxygen atoms in total. The van der Waals surface area contributed by atoms with Crippen molar-refractivity contribution in [3.8, 4) is 0 Å². The molecule has 2 saturated carbocycles. The van der Waals surface area contributed by atoms with Crippen LogP contribution in [0.5, 0.6) is 0 Å². The van der Waals surface area contributed by atoms with Crippen LogP contribution in [-0.4, -0.2) is 11.9 Å². The molecule has 4 atom stereocenters. The smallest absolute Gasteiger partial charge is 0.550 e. The summed E-state index contributed by atoms with van der Waals surface area (Å²) in [7, 11) is 0. The summed E-state index contributed by atoms with van der Waals surface area (Å²) < 4.78 is 0. The number of carbonyl (C=O) groups excluding carboxylic acids is 2. The molecular weight excluding hydrogens is 370 g/mol. The van der Waals surface area contributed by atoms with Crippen LogP contribution in [0.1, 0.15) is 90.9 Å². The first-order valence-corrected chi connectivity index (χ1v) is 9.84. The zero-order chi connectivity index (χ0) is 17.9. The number of carboxylic acid groups (broad SMARTS) is 2. The van der Waals surface area contributed by atoms with E-state index in [1.165, 1.54) is 51.4 Å². The molecule has 2 aliphatic carbocycles. The molecule has 25 heavy (non-hydrogen) atoms. The van der Waals surface area contributed by atoms with Crippen molar-refractivity contribution in [1.82, 2.24) is 0 Å². The normalized spacial score (nSPS) is 27.9. The van der Waals surface area contributed by atoms with E-state index in [9.17, 15) is 19.8 Å². The number of aliphatic carboxylic acids is 2. The van der Waals surface area contributed by atoms with Gasteiger partial charge in [0.15, 0.2) is 0 Å². The van der Waals surface area contributed by atoms with Crippen molar-refractivity contribution >= 4 is 11.9 Å². The zero-order valence-electron chi connectivity index (χ0n) is 16.1. The average molecular weight is 404 g/mol. The third kappa shape index (κ3) is 11.0. The van der Waals surface area contributed by atoms with Crippen molar-refractivity contribution in [3.63, 3.8) is 0 Å². The maximum absolute atomic E-state index is 10.2. The maximum Gasteiger partial charge on any atom is 2.00 e. The number of carboxylic acids is 2. The molecule has 0 saturated heterocycles. The Kier molecular flexibility index (Phi) is 13.5. The first-order chi connectivity index (χ1) is 11.4. The Labute approximate surface area is 165 Å². The molecule has 0 aromatic carbocycles. The Morgan fingerprint density at radius 2 is 1.04 bits per heavy atom. The fourth-order valence-corrected chi connectivity index (χ4v) is 4.27. The van der Waals surface area contributed by atoms with Crippen LogP contribution in [0.4, 0.5) is 0 Å². The molecule has 0 aliphatic heterocycles. The number of hydrogen-bond donors (Lipinski definition) is 0. The third-order valence-corrected chi connectivity index (χ3v) is 5.97. The van der Waals surface area contributed by atoms with Crippen molar-refractivity contribution in [3.05, 3.63) is 0 Å². The summed E-state index contributed by atoms with van der Waals surface area (Å²) in [4.78, 5) is 20.4. The number of rotatable bonds is 8. The van der Waals surface area contributed by atoms with Gasteiger partial charge < -0.3 is 19.8 Å². The summed E-state index contributed by atoms with van der Waals surface area (Å²) in [5, 5.41) is 20.4. The van der Waals surface area contributed by atoms with E-state index in [0.717, 1.165) is 24.7 Å². The summed E-state index contributed by atoms with van der Waals surface area (Å²) in [6.07, 6.45) is 12.2. The third-order valence-electron chi connectivity index (χ3n) is 5.97. The van der Waals surface area contributed by atoms with E-state index in [-0.39, 0.29) is 32.3 Å². The predicted octanol–water partition coefficient (Wildman–Crippen LogP) is 2.68. The van der Waals surface area contributed by atoms with Crippen molar-refractivity contribution in [1.29, 1.82) is 0 Å². The molecule has 0 amide bonds. The quantitative estimate of drug-likeness (QED) is 0.583. The molecule has 2 rings (SSSR count). The molecule has 0 bridgehead atoms. The summed E-state index contributed by atoms with van der Waals surface area (Å²) >= 11 is 0. The van der Waals surface area contributed by atoms with E-state index in [2.05, 4.69) is 13.8 Å². The molecule has 140 valence electrons. The van der Waals surface area contributed by atoms with E-state index < -0.39 is 11.9 Å². The van der Waals surface area contributed by atoms with E-state index in [1.807, 2.05) is 0 Å². The van der Waals surface area contributed by atoms with Crippen molar-refractivity contribution in [2.75, 3.05) is 0 Å². The van der Waals surface area contributed by atoms with Crippen LogP contribution in [0.2, 0.25) is 0 Å². The fraction of sp³-hybridized carbons (Fsp3) is 0.900. The van der Waals surface area contributed by atoms with E-state index in [4.69, 9.17) is 0 Å². The summed E-state index contributed by atoms with van der Waals surface area (Å²) in [6.45, 7) is 4.43. The topological polar surface area (TPSA) is 80.3 Å². The van der Waals surface area contributed by atoms with Gasteiger partial charge in [-0.15, -0.1) is 0 Å². The Morgan fingerprint density at radius 1 is 0.720 bits per heavy atom. The van der Waals surface area contributed by atoms with E-state index in [1.54, 1.807) is 0 Å². The molecule has 0 spiro atoms. The Hall–Kier alpha value is -0.437. The van der Waals surface area contributed by atoms with Gasteiger partial charge in [-0.3, -0.25) is 0 Å². The van der Waals surface area contributed by atoms with Gasteiger partial charge >= 0.3 is 19.5 Å². The molecule has 5 heteroatoms. The predicted molar refractivity (Wildman–Crippen MR) is 90.7 cm³/mol. The fourth-order valence-electron chi connectivity index (χ4n) is 4.27. The number of hydrogen-bond acceptors (Lipinski definition) is 4. The average Bonchev–Trinajstić information content (AvgIpc) is 3.20. The van der Waals surface area contributed by atoms with Gasteiger partial charge in [-0.2, -0.15) is 0 Å². The van der Waals surface area contributed by atoms with Gasteiger partial charge in [0.1, 0.15) is 0 Å². The largest absolute Gasteiger partial charge is 2.00 e. The first kappa shape index (κ1) is 24.6. The molecule has 0 heterocycles. The van der Waals surface area contributed by atoms with Crippen LogP contribution in [0, 0.1) is 23.7 Å². The van der Waals surface area contributed by atoms with Gasteiger partial charge in [0.25, 0.3) is 0 Å². The molecule has 0 radical (unpaired) electrons. The Balaban J connectivity index is 0.000000443. The van der Waals surface area contributed by atoms with Gasteiger partial charge in [-0.25, -0.2) is 0 Å². The summed E-state index contributed by atoms with van der Waals surface area (Å²) in [5.41, 5.74) is 0. The first-order valence-electron chi connectivity index (χ1n) is 9.84. The summed E-state index contributed by atoms with van der Waals surface area (Å²) in [5.74, 6) is 1.25. The molecule has 0 aromatic heterocycles. The van der Waals surface area contributed by atoms with Crippen LogP contribution in [-0.2, 0) is 29.1 Å². The zero-order valence-corrected chi connectivity index (χ0v) is 19.1. The SMILES string of the molecule is CCC1CCC(CCC(=O)[O-])C1.CCC1CCC(CCC(=O)[O-])C1.[Zn+2]. The monoisotopic (exact) mass is 402 g/mol. The minimum absolute atomic E-state index is 0. The molecular formula is C20H34O4Zn. The van der Waals surface area contributed by atoms with Crippen LogP contribution < -0.4 is 10.2 Å². The van der Waals surface area contributed by atoms with E-state index in [0.29, 0.717) is 11.8 Å². The second-order valence-electron chi connectivity index (χ2n) is 7.73. The van der Waals surface area contributed by atoms with Crippen molar-refractivity contribution in [2.24, 2.45) is 23.7 Å².